The third-order valence-corrected chi connectivity index (χ3v) is 2.13. The number of hydrogen-bond donors (Lipinski definition) is 3. The molecule has 0 radical (unpaired) electrons. The Hall–Kier alpha value is -1.88. The molecule has 5 nitrogen and oxygen atoms in total. The summed E-state index contributed by atoms with van der Waals surface area (Å²) in [5.74, 6) is -0.777. The van der Waals surface area contributed by atoms with E-state index in [9.17, 15) is 9.59 Å². The molecule has 0 bridgehead atoms. The molecular weight excluding hydrogens is 206 g/mol. The summed E-state index contributed by atoms with van der Waals surface area (Å²) in [5, 5.41) is 2.65. The van der Waals surface area contributed by atoms with Crippen molar-refractivity contribution in [3.05, 3.63) is 35.9 Å². The van der Waals surface area contributed by atoms with Crippen LogP contribution in [0.2, 0.25) is 0 Å². The third kappa shape index (κ3) is 3.70. The van der Waals surface area contributed by atoms with Crippen LogP contribution in [0.15, 0.2) is 30.3 Å². The molecule has 0 aromatic heterocycles. The van der Waals surface area contributed by atoms with Gasteiger partial charge in [0, 0.05) is 0 Å². The minimum Gasteiger partial charge on any atom is -0.370 e. The van der Waals surface area contributed by atoms with Crippen molar-refractivity contribution >= 4 is 11.8 Å². The van der Waals surface area contributed by atoms with E-state index in [1.807, 2.05) is 30.3 Å². The molecule has 1 rings (SSSR count). The smallest absolute Gasteiger partial charge is 0.234 e. The summed E-state index contributed by atoms with van der Waals surface area (Å²) >= 11 is 0. The molecule has 0 fully saturated rings. The molecule has 0 saturated carbocycles. The molecule has 16 heavy (non-hydrogen) atoms. The largest absolute Gasteiger partial charge is 0.370 e. The third-order valence-electron chi connectivity index (χ3n) is 2.13. The Balaban J connectivity index is 2.79. The quantitative estimate of drug-likeness (QED) is 0.635. The van der Waals surface area contributed by atoms with Crippen LogP contribution in [-0.4, -0.2) is 18.4 Å². The molecular formula is C11H15N3O2. The molecule has 1 atom stereocenters. The lowest BCUT2D eigenvalue weighted by molar-refractivity contribution is -0.121. The lowest BCUT2D eigenvalue weighted by Crippen LogP contribution is -2.35. The molecule has 5 heteroatoms. The van der Waals surface area contributed by atoms with Gasteiger partial charge in [-0.05, 0) is 5.56 Å². The first-order chi connectivity index (χ1) is 7.63. The summed E-state index contributed by atoms with van der Waals surface area (Å²) in [6.45, 7) is -0.109. The average molecular weight is 221 g/mol. The highest BCUT2D eigenvalue weighted by atomic mass is 16.2. The first-order valence-electron chi connectivity index (χ1n) is 4.96. The second kappa shape index (κ2) is 5.87. The maximum atomic E-state index is 11.2. The van der Waals surface area contributed by atoms with E-state index in [4.69, 9.17) is 11.5 Å². The van der Waals surface area contributed by atoms with Crippen molar-refractivity contribution in [3.63, 3.8) is 0 Å². The van der Waals surface area contributed by atoms with E-state index in [2.05, 4.69) is 5.32 Å². The molecule has 5 N–H and O–H groups in total. The standard InChI is InChI=1S/C11H15N3O2/c12-7-11(16)14-9(6-10(13)15)8-4-2-1-3-5-8/h1-5,9H,6-7,12H2,(H2,13,15)(H,14,16). The normalized spacial score (nSPS) is 11.8. The molecule has 0 aliphatic rings. The van der Waals surface area contributed by atoms with Crippen LogP contribution in [0.25, 0.3) is 0 Å². The summed E-state index contributed by atoms with van der Waals surface area (Å²) < 4.78 is 0. The Labute approximate surface area is 93.8 Å². The SMILES string of the molecule is NCC(=O)NC(CC(N)=O)c1ccccc1. The molecule has 0 saturated heterocycles. The number of nitrogens with one attached hydrogen (secondary N) is 1. The number of nitrogens with two attached hydrogens (primary N) is 2. The van der Waals surface area contributed by atoms with E-state index in [-0.39, 0.29) is 18.9 Å². The van der Waals surface area contributed by atoms with E-state index in [1.54, 1.807) is 0 Å². The second-order valence-corrected chi connectivity index (χ2v) is 3.41. The van der Waals surface area contributed by atoms with Gasteiger partial charge in [-0.2, -0.15) is 0 Å². The van der Waals surface area contributed by atoms with Crippen molar-refractivity contribution in [3.8, 4) is 0 Å². The predicted molar refractivity (Wildman–Crippen MR) is 60.2 cm³/mol. The lowest BCUT2D eigenvalue weighted by Gasteiger charge is -2.17. The monoisotopic (exact) mass is 221 g/mol. The van der Waals surface area contributed by atoms with Crippen LogP contribution in [0.3, 0.4) is 0 Å². The molecule has 2 amide bonds. The summed E-state index contributed by atoms with van der Waals surface area (Å²) in [6.07, 6.45) is 0.0652. The van der Waals surface area contributed by atoms with Crippen LogP contribution >= 0.6 is 0 Å². The fraction of sp³-hybridized carbons (Fsp3) is 0.273. The van der Waals surface area contributed by atoms with Gasteiger partial charge in [-0.1, -0.05) is 30.3 Å². The maximum Gasteiger partial charge on any atom is 0.234 e. The van der Waals surface area contributed by atoms with Crippen molar-refractivity contribution < 1.29 is 9.59 Å². The van der Waals surface area contributed by atoms with Crippen molar-refractivity contribution in [2.24, 2.45) is 11.5 Å². The molecule has 1 unspecified atom stereocenters. The van der Waals surface area contributed by atoms with Gasteiger partial charge >= 0.3 is 0 Å². The van der Waals surface area contributed by atoms with Gasteiger partial charge in [-0.15, -0.1) is 0 Å². The van der Waals surface area contributed by atoms with Gasteiger partial charge in [0.1, 0.15) is 0 Å². The van der Waals surface area contributed by atoms with Gasteiger partial charge in [-0.25, -0.2) is 0 Å². The topological polar surface area (TPSA) is 98.2 Å². The predicted octanol–water partition coefficient (Wildman–Crippen LogP) is -0.322. The number of carbonyl (C=O) groups excluding carboxylic acids is 2. The van der Waals surface area contributed by atoms with Crippen LogP contribution in [0.5, 0.6) is 0 Å². The van der Waals surface area contributed by atoms with Gasteiger partial charge in [0.2, 0.25) is 11.8 Å². The van der Waals surface area contributed by atoms with E-state index >= 15 is 0 Å². The van der Waals surface area contributed by atoms with Crippen LogP contribution in [0.1, 0.15) is 18.0 Å². The highest BCUT2D eigenvalue weighted by molar-refractivity contribution is 5.80. The van der Waals surface area contributed by atoms with Crippen LogP contribution in [0, 0.1) is 0 Å². The molecule has 0 aliphatic heterocycles. The minimum atomic E-state index is -0.467. The maximum absolute atomic E-state index is 11.2. The van der Waals surface area contributed by atoms with E-state index in [0.717, 1.165) is 5.56 Å². The number of carbonyl (C=O) groups is 2. The molecule has 0 aliphatic carbocycles. The second-order valence-electron chi connectivity index (χ2n) is 3.41. The van der Waals surface area contributed by atoms with E-state index < -0.39 is 11.9 Å². The van der Waals surface area contributed by atoms with Crippen LogP contribution in [-0.2, 0) is 9.59 Å². The van der Waals surface area contributed by atoms with Crippen LogP contribution < -0.4 is 16.8 Å². The van der Waals surface area contributed by atoms with Crippen molar-refractivity contribution in [1.29, 1.82) is 0 Å². The summed E-state index contributed by atoms with van der Waals surface area (Å²) in [4.78, 5) is 22.1. The van der Waals surface area contributed by atoms with Crippen molar-refractivity contribution in [2.75, 3.05) is 6.54 Å². The number of hydrogen-bond acceptors (Lipinski definition) is 3. The number of rotatable bonds is 5. The average Bonchev–Trinajstić information content (AvgIpc) is 2.28. The highest BCUT2D eigenvalue weighted by Crippen LogP contribution is 2.15. The van der Waals surface area contributed by atoms with Gasteiger partial charge in [0.05, 0.1) is 19.0 Å². The zero-order valence-electron chi connectivity index (χ0n) is 8.85. The van der Waals surface area contributed by atoms with Crippen molar-refractivity contribution in [2.45, 2.75) is 12.5 Å². The van der Waals surface area contributed by atoms with Crippen LogP contribution in [0.4, 0.5) is 0 Å². The zero-order valence-corrected chi connectivity index (χ0v) is 8.85. The van der Waals surface area contributed by atoms with Gasteiger partial charge in [-0.3, -0.25) is 9.59 Å². The highest BCUT2D eigenvalue weighted by Gasteiger charge is 2.15. The van der Waals surface area contributed by atoms with Gasteiger partial charge in [0.15, 0.2) is 0 Å². The minimum absolute atomic E-state index is 0.0652. The molecule has 1 aromatic rings. The lowest BCUT2D eigenvalue weighted by atomic mass is 10.0. The zero-order chi connectivity index (χ0) is 12.0. The molecule has 0 spiro atoms. The van der Waals surface area contributed by atoms with E-state index in [0.29, 0.717) is 0 Å². The fourth-order valence-electron chi connectivity index (χ4n) is 1.39. The molecule has 86 valence electrons. The molecule has 1 aromatic carbocycles. The molecule has 0 heterocycles. The summed E-state index contributed by atoms with van der Waals surface area (Å²) in [7, 11) is 0. The number of benzene rings is 1. The number of primary amides is 1. The van der Waals surface area contributed by atoms with Crippen molar-refractivity contribution in [1.82, 2.24) is 5.32 Å². The Morgan fingerprint density at radius 1 is 1.25 bits per heavy atom. The first kappa shape index (κ1) is 12.2. The fourth-order valence-corrected chi connectivity index (χ4v) is 1.39. The Bertz CT molecular complexity index is 365. The number of amides is 2. The van der Waals surface area contributed by atoms with E-state index in [1.165, 1.54) is 0 Å². The van der Waals surface area contributed by atoms with Gasteiger partial charge in [0.25, 0.3) is 0 Å². The Morgan fingerprint density at radius 2 is 1.88 bits per heavy atom. The Morgan fingerprint density at radius 3 is 2.38 bits per heavy atom. The first-order valence-corrected chi connectivity index (χ1v) is 4.96. The summed E-state index contributed by atoms with van der Waals surface area (Å²) in [5.41, 5.74) is 11.2. The van der Waals surface area contributed by atoms with Gasteiger partial charge < -0.3 is 16.8 Å². The summed E-state index contributed by atoms with van der Waals surface area (Å²) in [6, 6.07) is 8.76. The Kier molecular flexibility index (Phi) is 4.47.